The number of fused-ring (bicyclic) bond motifs is 1. The molecule has 2 aromatic rings. The Bertz CT molecular complexity index is 606. The summed E-state index contributed by atoms with van der Waals surface area (Å²) in [5, 5.41) is 14.0. The van der Waals surface area contributed by atoms with Crippen molar-refractivity contribution < 1.29 is 9.90 Å². The van der Waals surface area contributed by atoms with Gasteiger partial charge in [0, 0.05) is 22.8 Å². The van der Waals surface area contributed by atoms with Crippen molar-refractivity contribution in [1.82, 2.24) is 0 Å². The Balaban J connectivity index is 2.59. The number of benzene rings is 2. The van der Waals surface area contributed by atoms with E-state index in [1.807, 2.05) is 32.0 Å². The summed E-state index contributed by atoms with van der Waals surface area (Å²) in [5.74, 6) is -0.111. The van der Waals surface area contributed by atoms with Gasteiger partial charge >= 0.3 is 0 Å². The fourth-order valence-electron chi connectivity index (χ4n) is 1.78. The second kappa shape index (κ2) is 4.56. The lowest BCUT2D eigenvalue weighted by atomic mass is 10.1. The van der Waals surface area contributed by atoms with Crippen LogP contribution in [0.2, 0.25) is 0 Å². The van der Waals surface area contributed by atoms with Gasteiger partial charge in [0.05, 0.1) is 11.4 Å². The van der Waals surface area contributed by atoms with Crippen LogP contribution in [0.5, 0.6) is 5.75 Å². The van der Waals surface area contributed by atoms with Crippen LogP contribution in [0.25, 0.3) is 10.8 Å². The van der Waals surface area contributed by atoms with Gasteiger partial charge in [-0.1, -0.05) is 38.1 Å². The summed E-state index contributed by atoms with van der Waals surface area (Å²) in [4.78, 5) is 11.8. The number of hydrogen-bond donors (Lipinski definition) is 3. The van der Waals surface area contributed by atoms with E-state index < -0.39 is 0 Å². The molecule has 0 radical (unpaired) electrons. The second-order valence-electron chi connectivity index (χ2n) is 4.55. The molecule has 0 aliphatic carbocycles. The lowest BCUT2D eigenvalue weighted by Crippen LogP contribution is -2.18. The summed E-state index contributed by atoms with van der Waals surface area (Å²) in [7, 11) is 0. The first-order valence-corrected chi connectivity index (χ1v) is 5.81. The third kappa shape index (κ3) is 2.09. The van der Waals surface area contributed by atoms with E-state index in [0.29, 0.717) is 16.8 Å². The molecule has 0 aliphatic rings. The van der Waals surface area contributed by atoms with E-state index in [2.05, 4.69) is 5.32 Å². The molecule has 0 saturated carbocycles. The number of nitrogen functional groups attached to an aromatic ring is 1. The van der Waals surface area contributed by atoms with Crippen LogP contribution >= 0.6 is 0 Å². The molecule has 0 bridgehead atoms. The summed E-state index contributed by atoms with van der Waals surface area (Å²) in [5.41, 5.74) is 6.78. The predicted octanol–water partition coefficient (Wildman–Crippen LogP) is 2.72. The number of hydrogen-bond acceptors (Lipinski definition) is 3. The van der Waals surface area contributed by atoms with Crippen LogP contribution in [-0.4, -0.2) is 11.0 Å². The van der Waals surface area contributed by atoms with Gasteiger partial charge in [-0.05, 0) is 0 Å². The van der Waals surface area contributed by atoms with E-state index in [1.54, 1.807) is 6.07 Å². The average Bonchev–Trinajstić information content (AvgIpc) is 2.34. The van der Waals surface area contributed by atoms with Crippen LogP contribution in [0.15, 0.2) is 30.3 Å². The molecule has 0 heterocycles. The van der Waals surface area contributed by atoms with Crippen molar-refractivity contribution in [3.05, 3.63) is 30.3 Å². The monoisotopic (exact) mass is 244 g/mol. The fraction of sp³-hybridized carbons (Fsp3) is 0.214. The zero-order valence-electron chi connectivity index (χ0n) is 10.4. The van der Waals surface area contributed by atoms with E-state index in [9.17, 15) is 9.90 Å². The largest absolute Gasteiger partial charge is 0.507 e. The molecule has 0 aliphatic heterocycles. The minimum absolute atomic E-state index is 0.0995. The van der Waals surface area contributed by atoms with Crippen LogP contribution < -0.4 is 11.1 Å². The highest BCUT2D eigenvalue weighted by Crippen LogP contribution is 2.36. The van der Waals surface area contributed by atoms with Crippen molar-refractivity contribution in [2.24, 2.45) is 5.92 Å². The van der Waals surface area contributed by atoms with E-state index in [0.717, 1.165) is 5.39 Å². The Morgan fingerprint density at radius 1 is 1.28 bits per heavy atom. The van der Waals surface area contributed by atoms with Crippen molar-refractivity contribution in [2.45, 2.75) is 13.8 Å². The number of nitrogens with two attached hydrogens (primary N) is 1. The number of carbonyl (C=O) groups excluding carboxylic acids is 1. The maximum Gasteiger partial charge on any atom is 0.226 e. The Morgan fingerprint density at radius 2 is 1.89 bits per heavy atom. The first kappa shape index (κ1) is 12.2. The third-order valence-electron chi connectivity index (χ3n) is 2.83. The Hall–Kier alpha value is -2.23. The quantitative estimate of drug-likeness (QED) is 0.561. The third-order valence-corrected chi connectivity index (χ3v) is 2.83. The van der Waals surface area contributed by atoms with Gasteiger partial charge < -0.3 is 16.2 Å². The molecule has 4 heteroatoms. The van der Waals surface area contributed by atoms with Crippen molar-refractivity contribution >= 4 is 28.1 Å². The molecule has 1 amide bonds. The molecule has 0 aromatic heterocycles. The number of anilines is 2. The minimum Gasteiger partial charge on any atom is -0.507 e. The molecule has 0 fully saturated rings. The molecular weight excluding hydrogens is 228 g/mol. The van der Waals surface area contributed by atoms with Gasteiger partial charge in [-0.15, -0.1) is 0 Å². The van der Waals surface area contributed by atoms with Crippen molar-refractivity contribution in [1.29, 1.82) is 0 Å². The highest BCUT2D eigenvalue weighted by atomic mass is 16.3. The van der Waals surface area contributed by atoms with E-state index in [4.69, 9.17) is 5.73 Å². The molecule has 0 spiro atoms. The number of aromatic hydroxyl groups is 1. The van der Waals surface area contributed by atoms with Gasteiger partial charge in [0.25, 0.3) is 0 Å². The van der Waals surface area contributed by atoms with E-state index in [-0.39, 0.29) is 17.6 Å². The summed E-state index contributed by atoms with van der Waals surface area (Å²) < 4.78 is 0. The second-order valence-corrected chi connectivity index (χ2v) is 4.55. The molecule has 4 nitrogen and oxygen atoms in total. The first-order valence-electron chi connectivity index (χ1n) is 5.81. The molecule has 18 heavy (non-hydrogen) atoms. The lowest BCUT2D eigenvalue weighted by molar-refractivity contribution is -0.118. The van der Waals surface area contributed by atoms with Gasteiger partial charge in [-0.25, -0.2) is 0 Å². The highest BCUT2D eigenvalue weighted by molar-refractivity contribution is 6.09. The van der Waals surface area contributed by atoms with Crippen molar-refractivity contribution in [3.63, 3.8) is 0 Å². The minimum atomic E-state index is -0.128. The molecule has 2 aromatic carbocycles. The van der Waals surface area contributed by atoms with Crippen molar-refractivity contribution in [2.75, 3.05) is 11.1 Å². The topological polar surface area (TPSA) is 75.4 Å². The molecule has 0 saturated heterocycles. The average molecular weight is 244 g/mol. The number of amides is 1. The summed E-state index contributed by atoms with van der Waals surface area (Å²) in [6.45, 7) is 3.63. The van der Waals surface area contributed by atoms with Gasteiger partial charge in [0.1, 0.15) is 5.75 Å². The summed E-state index contributed by atoms with van der Waals surface area (Å²) in [6.07, 6.45) is 0. The van der Waals surface area contributed by atoms with Crippen LogP contribution in [0.1, 0.15) is 13.8 Å². The Morgan fingerprint density at radius 3 is 2.50 bits per heavy atom. The molecule has 0 atom stereocenters. The predicted molar refractivity (Wildman–Crippen MR) is 73.5 cm³/mol. The standard InChI is InChI=1S/C14H16N2O2/c1-8(2)14(18)16-13-10-6-4-3-5-9(10)12(17)7-11(13)15/h3-8,17H,15H2,1-2H3,(H,16,18). The maximum atomic E-state index is 11.8. The van der Waals surface area contributed by atoms with Crippen LogP contribution in [0.3, 0.4) is 0 Å². The fourth-order valence-corrected chi connectivity index (χ4v) is 1.78. The Labute approximate surface area is 105 Å². The summed E-state index contributed by atoms with van der Waals surface area (Å²) >= 11 is 0. The lowest BCUT2D eigenvalue weighted by Gasteiger charge is -2.14. The number of nitrogens with one attached hydrogen (secondary N) is 1. The molecule has 0 unspecified atom stereocenters. The zero-order chi connectivity index (χ0) is 13.3. The van der Waals surface area contributed by atoms with Gasteiger partial charge in [0.2, 0.25) is 5.91 Å². The Kier molecular flexibility index (Phi) is 3.10. The number of phenols is 1. The molecular formula is C14H16N2O2. The number of phenolic OH excluding ortho intramolecular Hbond substituents is 1. The van der Waals surface area contributed by atoms with Crippen LogP contribution in [0.4, 0.5) is 11.4 Å². The highest BCUT2D eigenvalue weighted by Gasteiger charge is 2.13. The first-order chi connectivity index (χ1) is 8.50. The maximum absolute atomic E-state index is 11.8. The van der Waals surface area contributed by atoms with Crippen LogP contribution in [0, 0.1) is 5.92 Å². The normalized spacial score (nSPS) is 10.8. The zero-order valence-corrected chi connectivity index (χ0v) is 10.4. The van der Waals surface area contributed by atoms with Gasteiger partial charge in [-0.3, -0.25) is 4.79 Å². The molecule has 2 rings (SSSR count). The number of carbonyl (C=O) groups is 1. The van der Waals surface area contributed by atoms with Crippen LogP contribution in [-0.2, 0) is 4.79 Å². The van der Waals surface area contributed by atoms with Gasteiger partial charge in [0.15, 0.2) is 0 Å². The summed E-state index contributed by atoms with van der Waals surface area (Å²) in [6, 6.07) is 8.73. The SMILES string of the molecule is CC(C)C(=O)Nc1c(N)cc(O)c2ccccc12. The van der Waals surface area contributed by atoms with Gasteiger partial charge in [-0.2, -0.15) is 0 Å². The van der Waals surface area contributed by atoms with Crippen molar-refractivity contribution in [3.8, 4) is 5.75 Å². The number of rotatable bonds is 2. The molecule has 94 valence electrons. The van der Waals surface area contributed by atoms with E-state index in [1.165, 1.54) is 6.07 Å². The smallest absolute Gasteiger partial charge is 0.226 e. The van der Waals surface area contributed by atoms with E-state index >= 15 is 0 Å². The molecule has 4 N–H and O–H groups in total.